The van der Waals surface area contributed by atoms with Gasteiger partial charge in [0.1, 0.15) is 0 Å². The Balaban J connectivity index is 0.00000122. The average Bonchev–Trinajstić information content (AvgIpc) is 2.46. The molecule has 1 aromatic carbocycles. The minimum atomic E-state index is -0.833. The van der Waals surface area contributed by atoms with Crippen LogP contribution in [-0.4, -0.2) is 16.6 Å². The van der Waals surface area contributed by atoms with Crippen molar-refractivity contribution in [3.8, 4) is 0 Å². The molecule has 0 aliphatic rings. The summed E-state index contributed by atoms with van der Waals surface area (Å²) in [5.41, 5.74) is 1.53. The molecule has 0 unspecified atom stereocenters. The Labute approximate surface area is 125 Å². The third-order valence-electron chi connectivity index (χ3n) is 2.60. The number of ketones is 1. The summed E-state index contributed by atoms with van der Waals surface area (Å²) in [6, 6.07) is 7.08. The molecular formula is C15H19O5P. The van der Waals surface area contributed by atoms with Crippen molar-refractivity contribution in [2.24, 2.45) is 0 Å². The number of carbonyl (C=O) groups excluding carboxylic acids is 2. The number of hydrogen-bond acceptors (Lipinski definition) is 4. The van der Waals surface area contributed by atoms with Crippen molar-refractivity contribution in [3.63, 3.8) is 0 Å². The zero-order chi connectivity index (χ0) is 16.1. The van der Waals surface area contributed by atoms with E-state index >= 15 is 0 Å². The summed E-state index contributed by atoms with van der Waals surface area (Å²) in [6.45, 7) is 5.38. The molecule has 1 N–H and O–H groups in total. The van der Waals surface area contributed by atoms with Crippen LogP contribution >= 0.6 is 8.69 Å². The first-order valence-electron chi connectivity index (χ1n) is 6.48. The van der Waals surface area contributed by atoms with Crippen molar-refractivity contribution in [1.82, 2.24) is 0 Å². The molecule has 0 saturated heterocycles. The number of Topliss-reactive ketones (excluding diaryl/α,β-unsaturated/α-hetero) is 1. The highest BCUT2D eigenvalue weighted by Crippen LogP contribution is 2.10. The summed E-state index contributed by atoms with van der Waals surface area (Å²) in [5.74, 6) is -0.202. The minimum Gasteiger partial charge on any atom is -0.435 e. The number of rotatable bonds is 7. The highest BCUT2D eigenvalue weighted by molar-refractivity contribution is 7.16. The largest absolute Gasteiger partial charge is 0.435 e. The molecule has 114 valence electrons. The lowest BCUT2D eigenvalue weighted by molar-refractivity contribution is -0.137. The molecule has 0 fully saturated rings. The van der Waals surface area contributed by atoms with Crippen LogP contribution in [0.1, 0.15) is 42.1 Å². The second-order valence-electron chi connectivity index (χ2n) is 4.14. The van der Waals surface area contributed by atoms with Crippen molar-refractivity contribution in [3.05, 3.63) is 48.2 Å². The van der Waals surface area contributed by atoms with Gasteiger partial charge in [-0.15, -0.1) is 0 Å². The molecule has 0 bridgehead atoms. The maximum absolute atomic E-state index is 11.7. The van der Waals surface area contributed by atoms with Gasteiger partial charge in [0.05, 0.1) is 12.7 Å². The molecular weight excluding hydrogens is 291 g/mol. The van der Waals surface area contributed by atoms with Gasteiger partial charge in [0.25, 0.3) is 0 Å². The Kier molecular flexibility index (Phi) is 10.9. The molecule has 1 aromatic rings. The van der Waals surface area contributed by atoms with E-state index in [1.54, 1.807) is 24.3 Å². The number of benzene rings is 1. The van der Waals surface area contributed by atoms with Crippen molar-refractivity contribution < 1.29 is 23.8 Å². The van der Waals surface area contributed by atoms with E-state index in [1.165, 1.54) is 0 Å². The van der Waals surface area contributed by atoms with Crippen LogP contribution in [-0.2, 0) is 20.5 Å². The second kappa shape index (κ2) is 11.9. The summed E-state index contributed by atoms with van der Waals surface area (Å²) in [6.07, 6.45) is 3.80. The summed E-state index contributed by atoms with van der Waals surface area (Å²) in [4.78, 5) is 29.9. The predicted octanol–water partition coefficient (Wildman–Crippen LogP) is 3.47. The third kappa shape index (κ3) is 8.84. The van der Waals surface area contributed by atoms with Gasteiger partial charge in [0, 0.05) is 12.0 Å². The van der Waals surface area contributed by atoms with Gasteiger partial charge in [-0.05, 0) is 12.0 Å². The first kappa shape index (κ1) is 19.2. The van der Waals surface area contributed by atoms with Crippen LogP contribution in [0.2, 0.25) is 0 Å². The fourth-order valence-electron chi connectivity index (χ4n) is 1.59. The Morgan fingerprint density at radius 2 is 1.90 bits per heavy atom. The number of esters is 1. The van der Waals surface area contributed by atoms with Gasteiger partial charge in [0.2, 0.25) is 0 Å². The van der Waals surface area contributed by atoms with Crippen LogP contribution in [0.3, 0.4) is 0 Å². The SMILES string of the molecule is C=COC(=O)Cc1ccc(C(=O)CCCC)cc1.O=PO. The van der Waals surface area contributed by atoms with Gasteiger partial charge < -0.3 is 9.63 Å². The minimum absolute atomic E-state index is 0.150. The van der Waals surface area contributed by atoms with E-state index in [-0.39, 0.29) is 18.2 Å². The molecule has 21 heavy (non-hydrogen) atoms. The topological polar surface area (TPSA) is 80.7 Å². The van der Waals surface area contributed by atoms with E-state index in [2.05, 4.69) is 18.2 Å². The monoisotopic (exact) mass is 310 g/mol. The van der Waals surface area contributed by atoms with Crippen molar-refractivity contribution in [2.75, 3.05) is 0 Å². The smallest absolute Gasteiger partial charge is 0.324 e. The lowest BCUT2D eigenvalue weighted by atomic mass is 10.0. The fourth-order valence-corrected chi connectivity index (χ4v) is 1.59. The van der Waals surface area contributed by atoms with Gasteiger partial charge in [-0.1, -0.05) is 44.2 Å². The molecule has 0 radical (unpaired) electrons. The van der Waals surface area contributed by atoms with Crippen LogP contribution in [0.4, 0.5) is 0 Å². The van der Waals surface area contributed by atoms with Gasteiger partial charge in [-0.3, -0.25) is 9.59 Å². The lowest BCUT2D eigenvalue weighted by Gasteiger charge is -2.03. The van der Waals surface area contributed by atoms with E-state index in [1.807, 2.05) is 0 Å². The maximum atomic E-state index is 11.7. The van der Waals surface area contributed by atoms with Crippen LogP contribution < -0.4 is 0 Å². The van der Waals surface area contributed by atoms with Crippen molar-refractivity contribution >= 4 is 20.4 Å². The average molecular weight is 310 g/mol. The van der Waals surface area contributed by atoms with Crippen LogP contribution in [0, 0.1) is 0 Å². The molecule has 5 nitrogen and oxygen atoms in total. The quantitative estimate of drug-likeness (QED) is 0.361. The highest BCUT2D eigenvalue weighted by Gasteiger charge is 2.07. The summed E-state index contributed by atoms with van der Waals surface area (Å²) < 4.78 is 13.1. The molecule has 1 rings (SSSR count). The van der Waals surface area contributed by atoms with Gasteiger partial charge in [-0.25, -0.2) is 4.57 Å². The second-order valence-corrected chi connectivity index (χ2v) is 4.30. The Morgan fingerprint density at radius 1 is 1.33 bits per heavy atom. The van der Waals surface area contributed by atoms with Crippen LogP contribution in [0.15, 0.2) is 37.1 Å². The molecule has 0 saturated carbocycles. The summed E-state index contributed by atoms with van der Waals surface area (Å²) in [5, 5.41) is 0. The van der Waals surface area contributed by atoms with E-state index < -0.39 is 8.69 Å². The zero-order valence-electron chi connectivity index (χ0n) is 11.9. The van der Waals surface area contributed by atoms with Crippen molar-refractivity contribution in [1.29, 1.82) is 0 Å². The zero-order valence-corrected chi connectivity index (χ0v) is 12.8. The maximum Gasteiger partial charge on any atom is 0.324 e. The molecule has 0 heterocycles. The first-order valence-corrected chi connectivity index (χ1v) is 7.24. The molecule has 0 atom stereocenters. The van der Waals surface area contributed by atoms with Crippen LogP contribution in [0.5, 0.6) is 0 Å². The lowest BCUT2D eigenvalue weighted by Crippen LogP contribution is -2.04. The molecule has 0 aliphatic heterocycles. The number of unbranched alkanes of at least 4 members (excludes halogenated alkanes) is 1. The van der Waals surface area contributed by atoms with E-state index in [9.17, 15) is 9.59 Å². The predicted molar refractivity (Wildman–Crippen MR) is 80.1 cm³/mol. The number of carbonyl (C=O) groups is 2. The Bertz CT molecular complexity index is 467. The van der Waals surface area contributed by atoms with Crippen LogP contribution in [0.25, 0.3) is 0 Å². The molecule has 0 aliphatic carbocycles. The summed E-state index contributed by atoms with van der Waals surface area (Å²) >= 11 is 0. The van der Waals surface area contributed by atoms with Gasteiger partial charge >= 0.3 is 14.7 Å². The van der Waals surface area contributed by atoms with Gasteiger partial charge in [-0.2, -0.15) is 0 Å². The molecule has 0 aromatic heterocycles. The normalized spacial score (nSPS) is 9.43. The Hall–Kier alpha value is -1.84. The van der Waals surface area contributed by atoms with Gasteiger partial charge in [0.15, 0.2) is 5.78 Å². The highest BCUT2D eigenvalue weighted by atomic mass is 31.1. The Morgan fingerprint density at radius 3 is 2.38 bits per heavy atom. The van der Waals surface area contributed by atoms with Crippen molar-refractivity contribution in [2.45, 2.75) is 32.6 Å². The molecule has 0 amide bonds. The number of hydrogen-bond donors (Lipinski definition) is 1. The standard InChI is InChI=1S/C15H18O3.HO2P/c1-3-5-6-14(16)13-9-7-12(8-10-13)11-15(17)18-4-2;1-3-2/h4,7-10H,2-3,5-6,11H2,1H3;(H,1,2). The fraction of sp³-hybridized carbons (Fsp3) is 0.333. The molecule has 6 heteroatoms. The summed E-state index contributed by atoms with van der Waals surface area (Å²) in [7, 11) is -0.833. The van der Waals surface area contributed by atoms with E-state index in [4.69, 9.17) is 9.46 Å². The van der Waals surface area contributed by atoms with E-state index in [0.29, 0.717) is 12.0 Å². The first-order chi connectivity index (χ1) is 10.1. The molecule has 0 spiro atoms. The van der Waals surface area contributed by atoms with E-state index in [0.717, 1.165) is 24.7 Å². The number of ether oxygens (including phenoxy) is 1. The third-order valence-corrected chi connectivity index (χ3v) is 2.60.